The molecule has 0 bridgehead atoms. The summed E-state index contributed by atoms with van der Waals surface area (Å²) < 4.78 is 14.1. The van der Waals surface area contributed by atoms with Crippen LogP contribution in [0.25, 0.3) is 10.9 Å². The molecule has 1 amide bonds. The molecule has 0 radical (unpaired) electrons. The molecule has 1 aliphatic rings. The smallest absolute Gasteiger partial charge is 0.295 e. The van der Waals surface area contributed by atoms with E-state index in [1.165, 1.54) is 17.8 Å². The van der Waals surface area contributed by atoms with Crippen LogP contribution in [-0.2, 0) is 11.3 Å². The number of rotatable bonds is 4. The summed E-state index contributed by atoms with van der Waals surface area (Å²) in [7, 11) is 0. The standard InChI is InChI=1S/C21H20FN3O2/c22-17-7-4-8-18-19(17)16(13-23-18)20(26)21(27)25-11-9-24(10-12-25)14-15-5-2-1-3-6-15/h1-8,13,23H,9-12,14H2. The number of ketones is 1. The molecule has 1 fully saturated rings. The third-order valence-corrected chi connectivity index (χ3v) is 5.00. The average molecular weight is 365 g/mol. The molecule has 4 rings (SSSR count). The number of H-pyrrole nitrogens is 1. The minimum absolute atomic E-state index is 0.0971. The molecular formula is C21H20FN3O2. The molecule has 138 valence electrons. The Morgan fingerprint density at radius 3 is 2.44 bits per heavy atom. The second-order valence-corrected chi connectivity index (χ2v) is 6.75. The van der Waals surface area contributed by atoms with Crippen molar-refractivity contribution >= 4 is 22.6 Å². The van der Waals surface area contributed by atoms with Gasteiger partial charge >= 0.3 is 0 Å². The van der Waals surface area contributed by atoms with E-state index in [-0.39, 0.29) is 10.9 Å². The Bertz CT molecular complexity index is 976. The number of aromatic nitrogens is 1. The van der Waals surface area contributed by atoms with Gasteiger partial charge in [0.15, 0.2) is 0 Å². The molecule has 6 heteroatoms. The molecule has 3 aromatic rings. The normalized spacial score (nSPS) is 15.2. The lowest BCUT2D eigenvalue weighted by molar-refractivity contribution is -0.128. The van der Waals surface area contributed by atoms with Gasteiger partial charge in [-0.1, -0.05) is 36.4 Å². The minimum Gasteiger partial charge on any atom is -0.360 e. The van der Waals surface area contributed by atoms with E-state index in [0.29, 0.717) is 31.7 Å². The summed E-state index contributed by atoms with van der Waals surface area (Å²) in [4.78, 5) is 32.0. The number of halogens is 1. The van der Waals surface area contributed by atoms with Crippen molar-refractivity contribution in [1.29, 1.82) is 0 Å². The molecule has 0 aliphatic carbocycles. The first-order valence-corrected chi connectivity index (χ1v) is 8.99. The molecule has 2 aromatic carbocycles. The molecule has 1 aromatic heterocycles. The summed E-state index contributed by atoms with van der Waals surface area (Å²) in [5.74, 6) is -1.74. The molecule has 27 heavy (non-hydrogen) atoms. The van der Waals surface area contributed by atoms with Crippen LogP contribution in [0.4, 0.5) is 4.39 Å². The molecular weight excluding hydrogens is 345 g/mol. The summed E-state index contributed by atoms with van der Waals surface area (Å²) in [6.07, 6.45) is 1.42. The van der Waals surface area contributed by atoms with E-state index < -0.39 is 17.5 Å². The zero-order chi connectivity index (χ0) is 18.8. The number of nitrogens with zero attached hydrogens (tertiary/aromatic N) is 2. The third kappa shape index (κ3) is 3.48. The Balaban J connectivity index is 1.42. The third-order valence-electron chi connectivity index (χ3n) is 5.00. The lowest BCUT2D eigenvalue weighted by atomic mass is 10.1. The second-order valence-electron chi connectivity index (χ2n) is 6.75. The van der Waals surface area contributed by atoms with Crippen molar-refractivity contribution in [3.05, 3.63) is 71.7 Å². The number of benzene rings is 2. The fourth-order valence-corrected chi connectivity index (χ4v) is 3.53. The Morgan fingerprint density at radius 1 is 0.963 bits per heavy atom. The van der Waals surface area contributed by atoms with Crippen molar-refractivity contribution < 1.29 is 14.0 Å². The summed E-state index contributed by atoms with van der Waals surface area (Å²) in [6.45, 7) is 3.21. The SMILES string of the molecule is O=C(C(=O)N1CCN(Cc2ccccc2)CC1)c1c[nH]c2cccc(F)c12. The summed E-state index contributed by atoms with van der Waals surface area (Å²) in [5.41, 5.74) is 1.83. The predicted octanol–water partition coefficient (Wildman–Crippen LogP) is 2.83. The van der Waals surface area contributed by atoms with Crippen LogP contribution in [0.3, 0.4) is 0 Å². The van der Waals surface area contributed by atoms with Crippen molar-refractivity contribution in [2.45, 2.75) is 6.54 Å². The van der Waals surface area contributed by atoms with Gasteiger partial charge in [-0.25, -0.2) is 4.39 Å². The first kappa shape index (κ1) is 17.4. The van der Waals surface area contributed by atoms with Crippen LogP contribution in [0.2, 0.25) is 0 Å². The van der Waals surface area contributed by atoms with Crippen molar-refractivity contribution in [1.82, 2.24) is 14.8 Å². The molecule has 1 aliphatic heterocycles. The highest BCUT2D eigenvalue weighted by Crippen LogP contribution is 2.22. The van der Waals surface area contributed by atoms with Gasteiger partial charge in [0.05, 0.1) is 5.56 Å². The molecule has 0 unspecified atom stereocenters. The highest BCUT2D eigenvalue weighted by Gasteiger charge is 2.29. The number of nitrogens with one attached hydrogen (secondary N) is 1. The van der Waals surface area contributed by atoms with Crippen molar-refractivity contribution in [3.63, 3.8) is 0 Å². The number of amides is 1. The fraction of sp³-hybridized carbons (Fsp3) is 0.238. The van der Waals surface area contributed by atoms with Gasteiger partial charge in [-0.05, 0) is 17.7 Å². The maximum Gasteiger partial charge on any atom is 0.295 e. The fourth-order valence-electron chi connectivity index (χ4n) is 3.53. The van der Waals surface area contributed by atoms with Crippen LogP contribution >= 0.6 is 0 Å². The van der Waals surface area contributed by atoms with E-state index in [2.05, 4.69) is 22.0 Å². The minimum atomic E-state index is -0.664. The summed E-state index contributed by atoms with van der Waals surface area (Å²) in [6, 6.07) is 14.7. The summed E-state index contributed by atoms with van der Waals surface area (Å²) >= 11 is 0. The van der Waals surface area contributed by atoms with E-state index in [4.69, 9.17) is 0 Å². The monoisotopic (exact) mass is 365 g/mol. The van der Waals surface area contributed by atoms with Crippen LogP contribution < -0.4 is 0 Å². The number of carbonyl (C=O) groups excluding carboxylic acids is 2. The molecule has 2 heterocycles. The van der Waals surface area contributed by atoms with Gasteiger partial charge in [0.2, 0.25) is 0 Å². The van der Waals surface area contributed by atoms with Gasteiger partial charge in [0.1, 0.15) is 5.82 Å². The van der Waals surface area contributed by atoms with Crippen molar-refractivity contribution in [2.24, 2.45) is 0 Å². The van der Waals surface area contributed by atoms with Gasteiger partial charge in [0, 0.05) is 49.8 Å². The van der Waals surface area contributed by atoms with Crippen LogP contribution in [0.15, 0.2) is 54.7 Å². The lowest BCUT2D eigenvalue weighted by Crippen LogP contribution is -2.50. The Kier molecular flexibility index (Phi) is 4.73. The average Bonchev–Trinajstić information content (AvgIpc) is 3.14. The zero-order valence-corrected chi connectivity index (χ0v) is 14.8. The van der Waals surface area contributed by atoms with Crippen molar-refractivity contribution in [3.8, 4) is 0 Å². The Labute approximate surface area is 156 Å². The number of fused-ring (bicyclic) bond motifs is 1. The molecule has 0 atom stereocenters. The summed E-state index contributed by atoms with van der Waals surface area (Å²) in [5, 5.41) is 0.179. The largest absolute Gasteiger partial charge is 0.360 e. The Hall–Kier alpha value is -2.99. The van der Waals surface area contributed by atoms with E-state index in [1.54, 1.807) is 17.0 Å². The number of hydrogen-bond donors (Lipinski definition) is 1. The van der Waals surface area contributed by atoms with Crippen molar-refractivity contribution in [2.75, 3.05) is 26.2 Å². The number of hydrogen-bond acceptors (Lipinski definition) is 3. The number of Topliss-reactive ketones (excluding diaryl/α,β-unsaturated/α-hetero) is 1. The Morgan fingerprint density at radius 2 is 1.70 bits per heavy atom. The second kappa shape index (κ2) is 7.32. The van der Waals surface area contributed by atoms with Crippen LogP contribution in [0.1, 0.15) is 15.9 Å². The van der Waals surface area contributed by atoms with Gasteiger partial charge in [0.25, 0.3) is 11.7 Å². The zero-order valence-electron chi connectivity index (χ0n) is 14.8. The van der Waals surface area contributed by atoms with Gasteiger partial charge in [-0.2, -0.15) is 0 Å². The van der Waals surface area contributed by atoms with Gasteiger partial charge in [-0.3, -0.25) is 14.5 Å². The van der Waals surface area contributed by atoms with Crippen LogP contribution in [0, 0.1) is 5.82 Å². The number of piperazine rings is 1. The van der Waals surface area contributed by atoms with E-state index in [9.17, 15) is 14.0 Å². The predicted molar refractivity (Wildman–Crippen MR) is 101 cm³/mol. The maximum atomic E-state index is 14.1. The van der Waals surface area contributed by atoms with Crippen LogP contribution in [0.5, 0.6) is 0 Å². The molecule has 1 N–H and O–H groups in total. The molecule has 0 spiro atoms. The molecule has 5 nitrogen and oxygen atoms in total. The van der Waals surface area contributed by atoms with Crippen LogP contribution in [-0.4, -0.2) is 52.7 Å². The topological polar surface area (TPSA) is 56.4 Å². The first-order chi connectivity index (χ1) is 13.1. The highest BCUT2D eigenvalue weighted by molar-refractivity contribution is 6.44. The van der Waals surface area contributed by atoms with E-state index in [1.807, 2.05) is 18.2 Å². The highest BCUT2D eigenvalue weighted by atomic mass is 19.1. The maximum absolute atomic E-state index is 14.1. The quantitative estimate of drug-likeness (QED) is 0.571. The van der Waals surface area contributed by atoms with Gasteiger partial charge in [-0.15, -0.1) is 0 Å². The van der Waals surface area contributed by atoms with E-state index >= 15 is 0 Å². The molecule has 0 saturated carbocycles. The first-order valence-electron chi connectivity index (χ1n) is 8.99. The van der Waals surface area contributed by atoms with Gasteiger partial charge < -0.3 is 9.88 Å². The number of aromatic amines is 1. The van der Waals surface area contributed by atoms with E-state index in [0.717, 1.165) is 6.54 Å². The number of carbonyl (C=O) groups is 2. The molecule has 1 saturated heterocycles. The lowest BCUT2D eigenvalue weighted by Gasteiger charge is -2.34.